The molecule has 0 bridgehead atoms. The van der Waals surface area contributed by atoms with Crippen LogP contribution >= 0.6 is 0 Å². The number of carbonyl (C=O) groups excluding carboxylic acids is 1. The molecule has 2 N–H and O–H groups in total. The van der Waals surface area contributed by atoms with Gasteiger partial charge in [-0.2, -0.15) is 0 Å². The first-order valence-electron chi connectivity index (χ1n) is 8.51. The maximum Gasteiger partial charge on any atom is 0.315 e. The van der Waals surface area contributed by atoms with E-state index in [-0.39, 0.29) is 12.1 Å². The Morgan fingerprint density at radius 1 is 1.44 bits per heavy atom. The zero-order valence-corrected chi connectivity index (χ0v) is 14.3. The van der Waals surface area contributed by atoms with Gasteiger partial charge in [-0.15, -0.1) is 0 Å². The Hall–Kier alpha value is -2.77. The first-order chi connectivity index (χ1) is 12.3. The van der Waals surface area contributed by atoms with Crippen LogP contribution in [0, 0.1) is 0 Å². The highest BCUT2D eigenvalue weighted by molar-refractivity contribution is 5.74. The average Bonchev–Trinajstić information content (AvgIpc) is 3.30. The van der Waals surface area contributed by atoms with Crippen LogP contribution in [0.1, 0.15) is 25.5 Å². The second-order valence-corrected chi connectivity index (χ2v) is 5.87. The highest BCUT2D eigenvalue weighted by Crippen LogP contribution is 2.26. The standard InChI is InChI=1S/C17H23N5O3/c1-2-9-25-16-15(18-6-7-19-16)22-8-5-13(12-22)21-17(23)20-11-14-4-3-10-24-14/h3-4,6-7,10,13H,2,5,8-9,11-12H2,1H3,(H2,20,21,23)/t13-/m1/s1. The molecule has 3 rings (SSSR count). The molecule has 1 aliphatic heterocycles. The molecule has 0 radical (unpaired) electrons. The van der Waals surface area contributed by atoms with E-state index in [4.69, 9.17) is 9.15 Å². The second kappa shape index (κ2) is 8.36. The van der Waals surface area contributed by atoms with Crippen LogP contribution in [0.25, 0.3) is 0 Å². The lowest BCUT2D eigenvalue weighted by Gasteiger charge is -2.20. The van der Waals surface area contributed by atoms with Gasteiger partial charge in [-0.05, 0) is 25.0 Å². The van der Waals surface area contributed by atoms with Crippen molar-refractivity contribution in [2.45, 2.75) is 32.4 Å². The molecular weight excluding hydrogens is 322 g/mol. The number of carbonyl (C=O) groups is 1. The van der Waals surface area contributed by atoms with Crippen molar-refractivity contribution in [3.63, 3.8) is 0 Å². The Kier molecular flexibility index (Phi) is 5.71. The largest absolute Gasteiger partial charge is 0.475 e. The maximum atomic E-state index is 12.0. The van der Waals surface area contributed by atoms with Crippen LogP contribution in [0.15, 0.2) is 35.2 Å². The van der Waals surface area contributed by atoms with Crippen molar-refractivity contribution in [2.75, 3.05) is 24.6 Å². The summed E-state index contributed by atoms with van der Waals surface area (Å²) in [4.78, 5) is 22.8. The summed E-state index contributed by atoms with van der Waals surface area (Å²) in [6.45, 7) is 4.50. The van der Waals surface area contributed by atoms with Gasteiger partial charge in [0, 0.05) is 31.5 Å². The van der Waals surface area contributed by atoms with Crippen LogP contribution in [0.2, 0.25) is 0 Å². The van der Waals surface area contributed by atoms with Gasteiger partial charge in [0.1, 0.15) is 5.76 Å². The Bertz CT molecular complexity index is 677. The molecule has 8 nitrogen and oxygen atoms in total. The van der Waals surface area contributed by atoms with Crippen molar-refractivity contribution in [3.8, 4) is 5.88 Å². The van der Waals surface area contributed by atoms with Crippen molar-refractivity contribution >= 4 is 11.8 Å². The van der Waals surface area contributed by atoms with Crippen LogP contribution < -0.4 is 20.3 Å². The second-order valence-electron chi connectivity index (χ2n) is 5.87. The lowest BCUT2D eigenvalue weighted by Crippen LogP contribution is -2.43. The number of urea groups is 1. The van der Waals surface area contributed by atoms with E-state index in [1.807, 2.05) is 13.0 Å². The molecule has 1 aliphatic rings. The predicted molar refractivity (Wildman–Crippen MR) is 92.5 cm³/mol. The molecule has 0 saturated carbocycles. The Morgan fingerprint density at radius 2 is 2.32 bits per heavy atom. The minimum atomic E-state index is -0.204. The Balaban J connectivity index is 1.50. The Morgan fingerprint density at radius 3 is 3.12 bits per heavy atom. The quantitative estimate of drug-likeness (QED) is 0.797. The summed E-state index contributed by atoms with van der Waals surface area (Å²) in [5, 5.41) is 5.77. The van der Waals surface area contributed by atoms with E-state index in [2.05, 4.69) is 25.5 Å². The summed E-state index contributed by atoms with van der Waals surface area (Å²) < 4.78 is 10.9. The number of hydrogen-bond donors (Lipinski definition) is 2. The van der Waals surface area contributed by atoms with Crippen LogP contribution in [0.3, 0.4) is 0 Å². The number of aromatic nitrogens is 2. The molecule has 2 aromatic rings. The minimum Gasteiger partial charge on any atom is -0.475 e. The van der Waals surface area contributed by atoms with Crippen LogP contribution in [-0.4, -0.2) is 41.7 Å². The van der Waals surface area contributed by atoms with E-state index >= 15 is 0 Å². The fourth-order valence-corrected chi connectivity index (χ4v) is 2.72. The van der Waals surface area contributed by atoms with Gasteiger partial charge in [0.25, 0.3) is 5.88 Å². The lowest BCUT2D eigenvalue weighted by molar-refractivity contribution is 0.236. The molecule has 0 unspecified atom stereocenters. The molecule has 2 aromatic heterocycles. The zero-order valence-electron chi connectivity index (χ0n) is 14.3. The summed E-state index contributed by atoms with van der Waals surface area (Å²) in [5.74, 6) is 2.00. The van der Waals surface area contributed by atoms with E-state index in [1.54, 1.807) is 24.7 Å². The third kappa shape index (κ3) is 4.62. The zero-order chi connectivity index (χ0) is 17.5. The topological polar surface area (TPSA) is 92.5 Å². The maximum absolute atomic E-state index is 12.0. The molecule has 1 fully saturated rings. The summed E-state index contributed by atoms with van der Waals surface area (Å²) in [5.41, 5.74) is 0. The van der Waals surface area contributed by atoms with E-state index in [0.29, 0.717) is 25.6 Å². The van der Waals surface area contributed by atoms with Crippen molar-refractivity contribution in [2.24, 2.45) is 0 Å². The molecule has 1 atom stereocenters. The van der Waals surface area contributed by atoms with Gasteiger partial charge in [-0.25, -0.2) is 14.8 Å². The predicted octanol–water partition coefficient (Wildman–Crippen LogP) is 1.94. The SMILES string of the molecule is CCCOc1nccnc1N1CC[C@@H](NC(=O)NCc2ccco2)C1. The number of hydrogen-bond acceptors (Lipinski definition) is 6. The fourth-order valence-electron chi connectivity index (χ4n) is 2.72. The monoisotopic (exact) mass is 345 g/mol. The summed E-state index contributed by atoms with van der Waals surface area (Å²) in [6, 6.07) is 3.47. The fraction of sp³-hybridized carbons (Fsp3) is 0.471. The van der Waals surface area contributed by atoms with Gasteiger partial charge in [0.05, 0.1) is 19.4 Å². The molecule has 2 amide bonds. The molecule has 25 heavy (non-hydrogen) atoms. The third-order valence-corrected chi connectivity index (χ3v) is 3.92. The van der Waals surface area contributed by atoms with Crippen LogP contribution in [-0.2, 0) is 6.54 Å². The van der Waals surface area contributed by atoms with Crippen LogP contribution in [0.4, 0.5) is 10.6 Å². The smallest absolute Gasteiger partial charge is 0.315 e. The van der Waals surface area contributed by atoms with Gasteiger partial charge in [-0.1, -0.05) is 6.92 Å². The number of ether oxygens (including phenoxy) is 1. The van der Waals surface area contributed by atoms with E-state index < -0.39 is 0 Å². The Labute approximate surface area is 146 Å². The van der Waals surface area contributed by atoms with Crippen molar-refractivity contribution in [1.82, 2.24) is 20.6 Å². The van der Waals surface area contributed by atoms with E-state index in [1.165, 1.54) is 0 Å². The molecule has 8 heteroatoms. The molecule has 134 valence electrons. The summed E-state index contributed by atoms with van der Waals surface area (Å²) in [7, 11) is 0. The highest BCUT2D eigenvalue weighted by Gasteiger charge is 2.27. The van der Waals surface area contributed by atoms with Gasteiger partial charge in [0.15, 0.2) is 5.82 Å². The van der Waals surface area contributed by atoms with Crippen molar-refractivity contribution in [1.29, 1.82) is 0 Å². The number of furan rings is 1. The van der Waals surface area contributed by atoms with Gasteiger partial charge >= 0.3 is 6.03 Å². The van der Waals surface area contributed by atoms with Crippen molar-refractivity contribution in [3.05, 3.63) is 36.5 Å². The van der Waals surface area contributed by atoms with Crippen molar-refractivity contribution < 1.29 is 13.9 Å². The van der Waals surface area contributed by atoms with Gasteiger partial charge < -0.3 is 24.7 Å². The molecular formula is C17H23N5O3. The lowest BCUT2D eigenvalue weighted by atomic mass is 10.3. The molecule has 0 aliphatic carbocycles. The van der Waals surface area contributed by atoms with Crippen LogP contribution in [0.5, 0.6) is 5.88 Å². The van der Waals surface area contributed by atoms with E-state index in [0.717, 1.165) is 31.0 Å². The summed E-state index contributed by atoms with van der Waals surface area (Å²) >= 11 is 0. The molecule has 1 saturated heterocycles. The number of nitrogens with one attached hydrogen (secondary N) is 2. The third-order valence-electron chi connectivity index (χ3n) is 3.92. The number of nitrogens with zero attached hydrogens (tertiary/aromatic N) is 3. The normalized spacial score (nSPS) is 16.7. The molecule has 0 aromatic carbocycles. The number of amides is 2. The van der Waals surface area contributed by atoms with Gasteiger partial charge in [0.2, 0.25) is 0 Å². The summed E-state index contributed by atoms with van der Waals surface area (Å²) in [6.07, 6.45) is 6.63. The number of rotatable bonds is 7. The number of anilines is 1. The first kappa shape index (κ1) is 17.1. The van der Waals surface area contributed by atoms with E-state index in [9.17, 15) is 4.79 Å². The van der Waals surface area contributed by atoms with Gasteiger partial charge in [-0.3, -0.25) is 0 Å². The average molecular weight is 345 g/mol. The molecule has 3 heterocycles. The highest BCUT2D eigenvalue weighted by atomic mass is 16.5. The minimum absolute atomic E-state index is 0.0534. The first-order valence-corrected chi connectivity index (χ1v) is 8.51. The molecule has 0 spiro atoms.